The maximum Gasteiger partial charge on any atom is 0.220 e. The van der Waals surface area contributed by atoms with Crippen LogP contribution in [0.1, 0.15) is 109 Å². The van der Waals surface area contributed by atoms with Crippen LogP contribution in [0, 0.1) is 16.2 Å². The molecule has 0 bridgehead atoms. The van der Waals surface area contributed by atoms with Gasteiger partial charge in [-0.3, -0.25) is 9.59 Å². The zero-order chi connectivity index (χ0) is 22.6. The first-order valence-electron chi connectivity index (χ1n) is 10.8. The maximum atomic E-state index is 13.3. The molecule has 0 aliphatic heterocycles. The Morgan fingerprint density at radius 2 is 1.36 bits per heavy atom. The first kappa shape index (κ1) is 27.1. The monoisotopic (exact) mass is 397 g/mol. The van der Waals surface area contributed by atoms with Crippen LogP contribution in [0.2, 0.25) is 0 Å². The molecule has 0 aliphatic carbocycles. The van der Waals surface area contributed by atoms with Gasteiger partial charge in [-0.2, -0.15) is 0 Å². The van der Waals surface area contributed by atoms with Crippen LogP contribution in [0.5, 0.6) is 0 Å². The van der Waals surface area contributed by atoms with Gasteiger partial charge in [0.05, 0.1) is 6.61 Å². The highest BCUT2D eigenvalue weighted by molar-refractivity contribution is 5.91. The van der Waals surface area contributed by atoms with Crippen molar-refractivity contribution in [3.63, 3.8) is 0 Å². The van der Waals surface area contributed by atoms with Crippen molar-refractivity contribution in [3.05, 3.63) is 0 Å². The van der Waals surface area contributed by atoms with Crippen LogP contribution >= 0.6 is 0 Å². The molecule has 0 heterocycles. The van der Waals surface area contributed by atoms with E-state index < -0.39 is 11.0 Å². The molecule has 0 rings (SSSR count). The highest BCUT2D eigenvalue weighted by Crippen LogP contribution is 2.47. The molecule has 0 saturated heterocycles. The van der Waals surface area contributed by atoms with Crippen molar-refractivity contribution in [2.75, 3.05) is 6.61 Å². The number of hydrogen-bond acceptors (Lipinski definition) is 3. The molecule has 0 fully saturated rings. The molecule has 4 heteroatoms. The summed E-state index contributed by atoms with van der Waals surface area (Å²) in [6.45, 7) is 25.3. The standard InChI is InChI=1S/C24H47NO3/c1-13-14-18(26)25-23(9,10)15-16-28-24(11,12)19(27)21(5,6)17-22(7,8)20(2,3)4/h13-17H2,1-12H3,(H,25,26). The van der Waals surface area contributed by atoms with E-state index >= 15 is 0 Å². The van der Waals surface area contributed by atoms with Crippen LogP contribution < -0.4 is 5.32 Å². The van der Waals surface area contributed by atoms with Crippen LogP contribution in [0.4, 0.5) is 0 Å². The second-order valence-corrected chi connectivity index (χ2v) is 11.8. The lowest BCUT2D eigenvalue weighted by molar-refractivity contribution is -0.153. The fraction of sp³-hybridized carbons (Fsp3) is 0.917. The van der Waals surface area contributed by atoms with Crippen molar-refractivity contribution in [2.24, 2.45) is 16.2 Å². The molecule has 1 N–H and O–H groups in total. The van der Waals surface area contributed by atoms with Gasteiger partial charge in [0, 0.05) is 17.4 Å². The minimum Gasteiger partial charge on any atom is -0.368 e. The topological polar surface area (TPSA) is 55.4 Å². The molecule has 0 aromatic carbocycles. The third-order valence-electron chi connectivity index (χ3n) is 6.22. The Morgan fingerprint density at radius 1 is 0.857 bits per heavy atom. The molecular formula is C24H47NO3. The molecule has 0 radical (unpaired) electrons. The average molecular weight is 398 g/mol. The lowest BCUT2D eigenvalue weighted by Gasteiger charge is -2.45. The predicted molar refractivity (Wildman–Crippen MR) is 118 cm³/mol. The Hall–Kier alpha value is -0.900. The molecule has 0 aromatic heterocycles. The number of carbonyl (C=O) groups excluding carboxylic acids is 2. The first-order valence-corrected chi connectivity index (χ1v) is 10.8. The van der Waals surface area contributed by atoms with E-state index in [0.29, 0.717) is 19.4 Å². The highest BCUT2D eigenvalue weighted by atomic mass is 16.5. The second-order valence-electron chi connectivity index (χ2n) is 11.8. The Kier molecular flexibility index (Phi) is 8.98. The van der Waals surface area contributed by atoms with Crippen molar-refractivity contribution < 1.29 is 14.3 Å². The zero-order valence-electron chi connectivity index (χ0n) is 20.8. The number of ketones is 1. The zero-order valence-corrected chi connectivity index (χ0v) is 20.8. The SMILES string of the molecule is CCCC(=O)NC(C)(C)CCOC(C)(C)C(=O)C(C)(C)CC(C)(C)C(C)(C)C. The third-order valence-corrected chi connectivity index (χ3v) is 6.22. The smallest absolute Gasteiger partial charge is 0.220 e. The van der Waals surface area contributed by atoms with Crippen LogP contribution in [0.3, 0.4) is 0 Å². The molecule has 0 unspecified atom stereocenters. The second kappa shape index (κ2) is 9.28. The van der Waals surface area contributed by atoms with Gasteiger partial charge in [0.25, 0.3) is 0 Å². The summed E-state index contributed by atoms with van der Waals surface area (Å²) < 4.78 is 6.05. The Balaban J connectivity index is 4.96. The summed E-state index contributed by atoms with van der Waals surface area (Å²) in [5.74, 6) is 0.193. The van der Waals surface area contributed by atoms with E-state index in [1.807, 2.05) is 48.5 Å². The van der Waals surface area contributed by atoms with E-state index in [0.717, 1.165) is 12.8 Å². The molecular weight excluding hydrogens is 350 g/mol. The largest absolute Gasteiger partial charge is 0.368 e. The number of Topliss-reactive ketones (excluding diaryl/α,β-unsaturated/α-hetero) is 1. The van der Waals surface area contributed by atoms with E-state index in [1.165, 1.54) is 0 Å². The van der Waals surface area contributed by atoms with E-state index in [-0.39, 0.29) is 28.1 Å². The lowest BCUT2D eigenvalue weighted by Crippen LogP contribution is -2.48. The predicted octanol–water partition coefficient (Wildman–Crippen LogP) is 5.92. The summed E-state index contributed by atoms with van der Waals surface area (Å²) in [5, 5.41) is 3.05. The fourth-order valence-electron chi connectivity index (χ4n) is 3.62. The highest BCUT2D eigenvalue weighted by Gasteiger charge is 2.45. The van der Waals surface area contributed by atoms with Gasteiger partial charge in [0.1, 0.15) is 5.60 Å². The van der Waals surface area contributed by atoms with Crippen LogP contribution in [-0.4, -0.2) is 29.4 Å². The Labute approximate surface area is 174 Å². The normalized spacial score (nSPS) is 14.1. The van der Waals surface area contributed by atoms with Gasteiger partial charge in [-0.1, -0.05) is 55.4 Å². The van der Waals surface area contributed by atoms with Crippen molar-refractivity contribution in [1.29, 1.82) is 0 Å². The molecule has 166 valence electrons. The summed E-state index contributed by atoms with van der Waals surface area (Å²) in [6.07, 6.45) is 2.83. The Bertz CT molecular complexity index is 537. The number of nitrogens with one attached hydrogen (secondary N) is 1. The molecule has 28 heavy (non-hydrogen) atoms. The third kappa shape index (κ3) is 8.23. The van der Waals surface area contributed by atoms with Gasteiger partial charge in [0.2, 0.25) is 5.91 Å². The first-order chi connectivity index (χ1) is 12.3. The summed E-state index contributed by atoms with van der Waals surface area (Å²) in [4.78, 5) is 25.2. The van der Waals surface area contributed by atoms with Crippen LogP contribution in [0.15, 0.2) is 0 Å². The van der Waals surface area contributed by atoms with Crippen LogP contribution in [-0.2, 0) is 14.3 Å². The summed E-state index contributed by atoms with van der Waals surface area (Å²) in [5.41, 5.74) is -1.56. The molecule has 4 nitrogen and oxygen atoms in total. The minimum absolute atomic E-state index is 0.0216. The molecule has 0 saturated carbocycles. The molecule has 0 aromatic rings. The summed E-state index contributed by atoms with van der Waals surface area (Å²) in [6, 6.07) is 0. The van der Waals surface area contributed by atoms with Crippen molar-refractivity contribution in [2.45, 2.75) is 120 Å². The number of hydrogen-bond donors (Lipinski definition) is 1. The van der Waals surface area contributed by atoms with Gasteiger partial charge < -0.3 is 10.1 Å². The van der Waals surface area contributed by atoms with Gasteiger partial charge >= 0.3 is 0 Å². The number of carbonyl (C=O) groups is 2. The maximum absolute atomic E-state index is 13.3. The van der Waals surface area contributed by atoms with Gasteiger partial charge in [-0.25, -0.2) is 0 Å². The van der Waals surface area contributed by atoms with E-state index in [4.69, 9.17) is 4.74 Å². The molecule has 0 spiro atoms. The molecule has 0 atom stereocenters. The Morgan fingerprint density at radius 3 is 1.79 bits per heavy atom. The van der Waals surface area contributed by atoms with Crippen molar-refractivity contribution >= 4 is 11.7 Å². The van der Waals surface area contributed by atoms with Gasteiger partial charge in [-0.05, 0) is 57.8 Å². The minimum atomic E-state index is -0.860. The number of amides is 1. The van der Waals surface area contributed by atoms with Crippen molar-refractivity contribution in [3.8, 4) is 0 Å². The fourth-order valence-corrected chi connectivity index (χ4v) is 3.62. The van der Waals surface area contributed by atoms with Crippen LogP contribution in [0.25, 0.3) is 0 Å². The molecule has 1 amide bonds. The van der Waals surface area contributed by atoms with Gasteiger partial charge in [0.15, 0.2) is 5.78 Å². The van der Waals surface area contributed by atoms with Gasteiger partial charge in [-0.15, -0.1) is 0 Å². The number of ether oxygens (including phenoxy) is 1. The van der Waals surface area contributed by atoms with E-state index in [1.54, 1.807) is 0 Å². The quantitative estimate of drug-likeness (QED) is 0.470. The number of rotatable bonds is 11. The van der Waals surface area contributed by atoms with Crippen molar-refractivity contribution in [1.82, 2.24) is 5.32 Å². The lowest BCUT2D eigenvalue weighted by atomic mass is 9.60. The summed E-state index contributed by atoms with van der Waals surface area (Å²) >= 11 is 0. The van der Waals surface area contributed by atoms with E-state index in [9.17, 15) is 9.59 Å². The molecule has 0 aliphatic rings. The van der Waals surface area contributed by atoms with E-state index in [2.05, 4.69) is 39.9 Å². The summed E-state index contributed by atoms with van der Waals surface area (Å²) in [7, 11) is 0. The average Bonchev–Trinajstić information content (AvgIpc) is 2.43.